The minimum atomic E-state index is -3.59. The third-order valence-electron chi connectivity index (χ3n) is 3.99. The van der Waals surface area contributed by atoms with E-state index >= 15 is 0 Å². The van der Waals surface area contributed by atoms with Gasteiger partial charge in [0.25, 0.3) is 0 Å². The van der Waals surface area contributed by atoms with E-state index in [1.54, 1.807) is 14.0 Å². The van der Waals surface area contributed by atoms with E-state index in [0.717, 1.165) is 19.3 Å². The molecule has 1 aromatic rings. The van der Waals surface area contributed by atoms with Crippen molar-refractivity contribution in [3.05, 3.63) is 5.69 Å². The van der Waals surface area contributed by atoms with Gasteiger partial charge >= 0.3 is 0 Å². The summed E-state index contributed by atoms with van der Waals surface area (Å²) < 4.78 is 29.2. The zero-order valence-electron chi connectivity index (χ0n) is 11.7. The second-order valence-corrected chi connectivity index (χ2v) is 7.06. The maximum atomic E-state index is 12.5. The molecule has 1 aliphatic rings. The van der Waals surface area contributed by atoms with E-state index in [1.807, 2.05) is 0 Å². The first kappa shape index (κ1) is 14.3. The molecule has 0 radical (unpaired) electrons. The quantitative estimate of drug-likeness (QED) is 0.872. The van der Waals surface area contributed by atoms with Gasteiger partial charge in [0.2, 0.25) is 10.0 Å². The summed E-state index contributed by atoms with van der Waals surface area (Å²) in [4.78, 5) is 0.118. The molecular weight excluding hydrogens is 264 g/mol. The molecule has 6 nitrogen and oxygen atoms in total. The van der Waals surface area contributed by atoms with Crippen LogP contribution in [-0.2, 0) is 17.1 Å². The Bertz CT molecular complexity index is 565. The smallest absolute Gasteiger partial charge is 0.246 e. The molecule has 108 valence electrons. The van der Waals surface area contributed by atoms with Crippen molar-refractivity contribution in [1.29, 1.82) is 0 Å². The van der Waals surface area contributed by atoms with Gasteiger partial charge in [-0.15, -0.1) is 0 Å². The monoisotopic (exact) mass is 286 g/mol. The van der Waals surface area contributed by atoms with Crippen LogP contribution < -0.4 is 10.5 Å². The lowest BCUT2D eigenvalue weighted by atomic mass is 9.87. The van der Waals surface area contributed by atoms with E-state index in [-0.39, 0.29) is 16.8 Å². The van der Waals surface area contributed by atoms with Crippen LogP contribution in [0.15, 0.2) is 4.90 Å². The van der Waals surface area contributed by atoms with Crippen molar-refractivity contribution < 1.29 is 8.42 Å². The van der Waals surface area contributed by atoms with Crippen molar-refractivity contribution >= 4 is 15.8 Å². The molecule has 0 amide bonds. The molecule has 1 saturated carbocycles. The second-order valence-electron chi connectivity index (χ2n) is 5.41. The predicted molar refractivity (Wildman–Crippen MR) is 74.1 cm³/mol. The van der Waals surface area contributed by atoms with Crippen molar-refractivity contribution in [2.45, 2.75) is 50.5 Å². The number of sulfonamides is 1. The molecule has 2 atom stereocenters. The van der Waals surface area contributed by atoms with Gasteiger partial charge in [0.05, 0.1) is 5.69 Å². The minimum Gasteiger partial charge on any atom is -0.381 e. The Morgan fingerprint density at radius 1 is 1.37 bits per heavy atom. The van der Waals surface area contributed by atoms with Crippen molar-refractivity contribution in [2.75, 3.05) is 5.73 Å². The lowest BCUT2D eigenvalue weighted by molar-refractivity contribution is 0.310. The van der Waals surface area contributed by atoms with Crippen LogP contribution in [0.5, 0.6) is 0 Å². The summed E-state index contributed by atoms with van der Waals surface area (Å²) in [5, 5.41) is 3.96. The Labute approximate surface area is 114 Å². The van der Waals surface area contributed by atoms with E-state index in [1.165, 1.54) is 11.1 Å². The van der Waals surface area contributed by atoms with Gasteiger partial charge in [-0.2, -0.15) is 5.10 Å². The first-order valence-corrected chi connectivity index (χ1v) is 8.12. The molecule has 0 bridgehead atoms. The molecule has 0 spiro atoms. The average molecular weight is 286 g/mol. The van der Waals surface area contributed by atoms with Gasteiger partial charge < -0.3 is 5.73 Å². The first-order chi connectivity index (χ1) is 8.83. The van der Waals surface area contributed by atoms with Crippen LogP contribution in [0.4, 0.5) is 5.82 Å². The summed E-state index contributed by atoms with van der Waals surface area (Å²) in [5.41, 5.74) is 6.28. The summed E-state index contributed by atoms with van der Waals surface area (Å²) in [6, 6.07) is -0.00208. The summed E-state index contributed by atoms with van der Waals surface area (Å²) in [5.74, 6) is 0.428. The summed E-state index contributed by atoms with van der Waals surface area (Å²) in [7, 11) is -1.90. The largest absolute Gasteiger partial charge is 0.381 e. The summed E-state index contributed by atoms with van der Waals surface area (Å²) >= 11 is 0. The number of aromatic nitrogens is 2. The second kappa shape index (κ2) is 5.13. The molecule has 1 aromatic heterocycles. The first-order valence-electron chi connectivity index (χ1n) is 6.64. The predicted octanol–water partition coefficient (Wildman–Crippen LogP) is 1.17. The maximum absolute atomic E-state index is 12.5. The molecule has 7 heteroatoms. The molecule has 1 aliphatic carbocycles. The Balaban J connectivity index is 2.27. The molecule has 0 aliphatic heterocycles. The fraction of sp³-hybridized carbons (Fsp3) is 0.750. The highest BCUT2D eigenvalue weighted by Gasteiger charge is 2.30. The summed E-state index contributed by atoms with van der Waals surface area (Å²) in [6.45, 7) is 3.80. The number of nitrogens with zero attached hydrogens (tertiary/aromatic N) is 2. The number of hydrogen-bond donors (Lipinski definition) is 2. The highest BCUT2D eigenvalue weighted by Crippen LogP contribution is 2.27. The third kappa shape index (κ3) is 2.76. The van der Waals surface area contributed by atoms with Crippen molar-refractivity contribution in [1.82, 2.24) is 14.5 Å². The van der Waals surface area contributed by atoms with Crippen LogP contribution in [0.2, 0.25) is 0 Å². The zero-order chi connectivity index (χ0) is 14.2. The molecule has 0 saturated heterocycles. The third-order valence-corrected chi connectivity index (χ3v) is 5.65. The van der Waals surface area contributed by atoms with Gasteiger partial charge in [0, 0.05) is 13.1 Å². The molecule has 1 fully saturated rings. The van der Waals surface area contributed by atoms with Crippen molar-refractivity contribution in [2.24, 2.45) is 13.0 Å². The van der Waals surface area contributed by atoms with Crippen molar-refractivity contribution in [3.8, 4) is 0 Å². The molecular formula is C12H22N4O2S. The standard InChI is InChI=1S/C12H22N4O2S/c1-8-6-4-5-7-10(8)15-19(17,18)11-9(2)16(3)14-12(11)13/h8,10,15H,4-7H2,1-3H3,(H2,13,14). The lowest BCUT2D eigenvalue weighted by Gasteiger charge is -2.29. The lowest BCUT2D eigenvalue weighted by Crippen LogP contribution is -2.41. The van der Waals surface area contributed by atoms with Crippen LogP contribution in [0, 0.1) is 12.8 Å². The van der Waals surface area contributed by atoms with Crippen LogP contribution >= 0.6 is 0 Å². The van der Waals surface area contributed by atoms with Crippen LogP contribution in [0.25, 0.3) is 0 Å². The highest BCUT2D eigenvalue weighted by molar-refractivity contribution is 7.89. The van der Waals surface area contributed by atoms with E-state index in [9.17, 15) is 8.42 Å². The Morgan fingerprint density at radius 3 is 2.53 bits per heavy atom. The molecule has 19 heavy (non-hydrogen) atoms. The number of aryl methyl sites for hydroxylation is 1. The van der Waals surface area contributed by atoms with E-state index < -0.39 is 10.0 Å². The fourth-order valence-corrected chi connectivity index (χ4v) is 4.40. The molecule has 2 rings (SSSR count). The fourth-order valence-electron chi connectivity index (χ4n) is 2.70. The minimum absolute atomic E-state index is 0.00208. The Morgan fingerprint density at radius 2 is 2.00 bits per heavy atom. The average Bonchev–Trinajstić information content (AvgIpc) is 2.56. The van der Waals surface area contributed by atoms with Gasteiger partial charge in [-0.1, -0.05) is 19.8 Å². The van der Waals surface area contributed by atoms with Crippen LogP contribution in [0.3, 0.4) is 0 Å². The number of nitrogens with one attached hydrogen (secondary N) is 1. The molecule has 0 aromatic carbocycles. The van der Waals surface area contributed by atoms with Crippen molar-refractivity contribution in [3.63, 3.8) is 0 Å². The number of anilines is 1. The molecule has 3 N–H and O–H groups in total. The number of rotatable bonds is 3. The van der Waals surface area contributed by atoms with Gasteiger partial charge in [-0.25, -0.2) is 13.1 Å². The summed E-state index contributed by atoms with van der Waals surface area (Å²) in [6.07, 6.45) is 4.20. The normalized spacial score (nSPS) is 24.6. The molecule has 2 unspecified atom stereocenters. The Kier molecular flexibility index (Phi) is 3.87. The maximum Gasteiger partial charge on any atom is 0.246 e. The van der Waals surface area contributed by atoms with Gasteiger partial charge in [-0.05, 0) is 25.7 Å². The van der Waals surface area contributed by atoms with Gasteiger partial charge in [0.1, 0.15) is 4.90 Å². The topological polar surface area (TPSA) is 90.0 Å². The van der Waals surface area contributed by atoms with E-state index in [0.29, 0.717) is 11.6 Å². The highest BCUT2D eigenvalue weighted by atomic mass is 32.2. The van der Waals surface area contributed by atoms with Gasteiger partial charge in [-0.3, -0.25) is 4.68 Å². The van der Waals surface area contributed by atoms with Crippen LogP contribution in [0.1, 0.15) is 38.3 Å². The SMILES string of the molecule is Cc1c(S(=O)(=O)NC2CCCCC2C)c(N)nn1C. The molecule has 1 heterocycles. The van der Waals surface area contributed by atoms with E-state index in [4.69, 9.17) is 5.73 Å². The number of nitrogens with two attached hydrogens (primary N) is 1. The number of nitrogen functional groups attached to an aromatic ring is 1. The van der Waals surface area contributed by atoms with E-state index in [2.05, 4.69) is 16.7 Å². The van der Waals surface area contributed by atoms with Crippen LogP contribution in [-0.4, -0.2) is 24.2 Å². The zero-order valence-corrected chi connectivity index (χ0v) is 12.5. The van der Waals surface area contributed by atoms with Gasteiger partial charge in [0.15, 0.2) is 5.82 Å². The number of hydrogen-bond acceptors (Lipinski definition) is 4. The Hall–Kier alpha value is -1.08.